The minimum atomic E-state index is -0.205. The van der Waals surface area contributed by atoms with Gasteiger partial charge in [-0.25, -0.2) is 4.98 Å². The number of benzene rings is 1. The van der Waals surface area contributed by atoms with E-state index in [1.165, 1.54) is 10.9 Å². The van der Waals surface area contributed by atoms with Crippen molar-refractivity contribution in [2.24, 2.45) is 5.92 Å². The highest BCUT2D eigenvalue weighted by molar-refractivity contribution is 6.30. The zero-order valence-electron chi connectivity index (χ0n) is 13.0. The molecular formula is C18H16ClN3O2. The van der Waals surface area contributed by atoms with Crippen molar-refractivity contribution in [3.8, 4) is 5.69 Å². The van der Waals surface area contributed by atoms with Gasteiger partial charge in [-0.15, -0.1) is 0 Å². The van der Waals surface area contributed by atoms with Crippen LogP contribution >= 0.6 is 11.6 Å². The van der Waals surface area contributed by atoms with Crippen molar-refractivity contribution in [2.75, 3.05) is 0 Å². The van der Waals surface area contributed by atoms with E-state index in [0.717, 1.165) is 18.5 Å². The molecule has 4 rings (SSSR count). The first-order chi connectivity index (χ1) is 11.6. The lowest BCUT2D eigenvalue weighted by atomic mass is 10.2. The van der Waals surface area contributed by atoms with Crippen LogP contribution in [0.1, 0.15) is 19.3 Å². The molecule has 6 heteroatoms. The van der Waals surface area contributed by atoms with Gasteiger partial charge in [-0.1, -0.05) is 11.6 Å². The number of ketones is 1. The van der Waals surface area contributed by atoms with Gasteiger partial charge < -0.3 is 4.57 Å². The second kappa shape index (κ2) is 5.91. The molecule has 122 valence electrons. The standard InChI is InChI=1S/C18H16ClN3O2/c19-13-3-5-14(6-4-13)22-8-7-16-17(22)18(24)21(11-20-16)10-15(23)9-12-1-2-12/h3-8,11-12H,1-2,9-10H2. The third-order valence-corrected chi connectivity index (χ3v) is 4.58. The van der Waals surface area contributed by atoms with Crippen LogP contribution in [0, 0.1) is 5.92 Å². The average molecular weight is 342 g/mol. The van der Waals surface area contributed by atoms with Crippen molar-refractivity contribution in [1.82, 2.24) is 14.1 Å². The zero-order chi connectivity index (χ0) is 16.7. The van der Waals surface area contributed by atoms with Crippen LogP contribution in [0.3, 0.4) is 0 Å². The second-order valence-electron chi connectivity index (χ2n) is 6.26. The van der Waals surface area contributed by atoms with Crippen LogP contribution in [0.25, 0.3) is 16.7 Å². The summed E-state index contributed by atoms with van der Waals surface area (Å²) in [6.07, 6.45) is 6.07. The fourth-order valence-corrected chi connectivity index (χ4v) is 3.01. The lowest BCUT2D eigenvalue weighted by Gasteiger charge is -2.08. The fourth-order valence-electron chi connectivity index (χ4n) is 2.89. The number of rotatable bonds is 5. The van der Waals surface area contributed by atoms with Crippen molar-refractivity contribution in [3.05, 3.63) is 58.2 Å². The molecule has 0 N–H and O–H groups in total. The molecule has 0 aliphatic heterocycles. The molecule has 0 amide bonds. The average Bonchev–Trinajstić information content (AvgIpc) is 3.26. The van der Waals surface area contributed by atoms with Crippen LogP contribution in [0.5, 0.6) is 0 Å². The molecule has 1 aliphatic rings. The molecule has 5 nitrogen and oxygen atoms in total. The largest absolute Gasteiger partial charge is 0.311 e. The fraction of sp³-hybridized carbons (Fsp3) is 0.278. The molecule has 1 fully saturated rings. The maximum absolute atomic E-state index is 12.8. The highest BCUT2D eigenvalue weighted by Crippen LogP contribution is 2.32. The van der Waals surface area contributed by atoms with Crippen molar-refractivity contribution in [3.63, 3.8) is 0 Å². The van der Waals surface area contributed by atoms with Crippen molar-refractivity contribution in [1.29, 1.82) is 0 Å². The number of Topliss-reactive ketones (excluding diaryl/α,β-unsaturated/α-hetero) is 1. The molecule has 1 saturated carbocycles. The highest BCUT2D eigenvalue weighted by Gasteiger charge is 2.24. The van der Waals surface area contributed by atoms with Gasteiger partial charge in [-0.2, -0.15) is 0 Å². The topological polar surface area (TPSA) is 56.9 Å². The summed E-state index contributed by atoms with van der Waals surface area (Å²) in [6.45, 7) is 0.0874. The molecule has 0 bridgehead atoms. The summed E-state index contributed by atoms with van der Waals surface area (Å²) in [7, 11) is 0. The highest BCUT2D eigenvalue weighted by atomic mass is 35.5. The van der Waals surface area contributed by atoms with Gasteiger partial charge in [0.25, 0.3) is 5.56 Å². The number of carbonyl (C=O) groups is 1. The quantitative estimate of drug-likeness (QED) is 0.716. The Kier molecular flexibility index (Phi) is 3.73. The summed E-state index contributed by atoms with van der Waals surface area (Å²) in [6, 6.07) is 9.03. The molecule has 0 saturated heterocycles. The van der Waals surface area contributed by atoms with Gasteiger partial charge in [0.1, 0.15) is 5.52 Å². The predicted octanol–water partition coefficient (Wildman–Crippen LogP) is 3.21. The molecule has 0 spiro atoms. The first-order valence-electron chi connectivity index (χ1n) is 7.96. The van der Waals surface area contributed by atoms with Crippen LogP contribution in [-0.4, -0.2) is 19.9 Å². The summed E-state index contributed by atoms with van der Waals surface area (Å²) < 4.78 is 3.18. The number of nitrogens with zero attached hydrogens (tertiary/aromatic N) is 3. The van der Waals surface area contributed by atoms with E-state index in [1.807, 2.05) is 12.1 Å². The maximum atomic E-state index is 12.8. The van der Waals surface area contributed by atoms with Crippen LogP contribution in [-0.2, 0) is 11.3 Å². The Morgan fingerprint density at radius 2 is 1.96 bits per heavy atom. The van der Waals surface area contributed by atoms with E-state index in [-0.39, 0.29) is 17.9 Å². The van der Waals surface area contributed by atoms with Gasteiger partial charge in [-0.3, -0.25) is 14.2 Å². The molecule has 24 heavy (non-hydrogen) atoms. The predicted molar refractivity (Wildman–Crippen MR) is 92.7 cm³/mol. The number of fused-ring (bicyclic) bond motifs is 1. The Balaban J connectivity index is 1.74. The molecule has 1 aromatic carbocycles. The summed E-state index contributed by atoms with van der Waals surface area (Å²) >= 11 is 5.93. The van der Waals surface area contributed by atoms with E-state index < -0.39 is 0 Å². The van der Waals surface area contributed by atoms with Crippen LogP contribution in [0.2, 0.25) is 5.02 Å². The van der Waals surface area contributed by atoms with Crippen LogP contribution < -0.4 is 5.56 Å². The molecule has 2 heterocycles. The summed E-state index contributed by atoms with van der Waals surface area (Å²) in [5.41, 5.74) is 1.71. The van der Waals surface area contributed by atoms with Gasteiger partial charge in [0.15, 0.2) is 5.78 Å². The van der Waals surface area contributed by atoms with E-state index in [4.69, 9.17) is 11.6 Å². The van der Waals surface area contributed by atoms with E-state index in [1.54, 1.807) is 29.0 Å². The number of carbonyl (C=O) groups excluding carboxylic acids is 1. The lowest BCUT2D eigenvalue weighted by Crippen LogP contribution is -2.25. The first-order valence-corrected chi connectivity index (χ1v) is 8.34. The van der Waals surface area contributed by atoms with E-state index in [9.17, 15) is 9.59 Å². The molecular weight excluding hydrogens is 326 g/mol. The minimum absolute atomic E-state index is 0.0874. The van der Waals surface area contributed by atoms with Crippen LogP contribution in [0.15, 0.2) is 47.7 Å². The third-order valence-electron chi connectivity index (χ3n) is 4.33. The lowest BCUT2D eigenvalue weighted by molar-refractivity contribution is -0.120. The molecule has 0 atom stereocenters. The molecule has 0 unspecified atom stereocenters. The molecule has 2 aromatic heterocycles. The SMILES string of the molecule is O=C(CC1CC1)Cn1cnc2ccn(-c3ccc(Cl)cc3)c2c1=O. The zero-order valence-corrected chi connectivity index (χ0v) is 13.7. The molecule has 3 aromatic rings. The van der Waals surface area contributed by atoms with Gasteiger partial charge >= 0.3 is 0 Å². The second-order valence-corrected chi connectivity index (χ2v) is 6.70. The third kappa shape index (κ3) is 2.87. The number of aromatic nitrogens is 3. The van der Waals surface area contributed by atoms with Gasteiger partial charge in [0.05, 0.1) is 18.4 Å². The van der Waals surface area contributed by atoms with Gasteiger partial charge in [0.2, 0.25) is 0 Å². The van der Waals surface area contributed by atoms with Gasteiger partial charge in [0, 0.05) is 23.3 Å². The van der Waals surface area contributed by atoms with Crippen molar-refractivity contribution < 1.29 is 4.79 Å². The maximum Gasteiger partial charge on any atom is 0.278 e. The van der Waals surface area contributed by atoms with Crippen molar-refractivity contribution >= 4 is 28.4 Å². The number of halogens is 1. The number of hydrogen-bond donors (Lipinski definition) is 0. The summed E-state index contributed by atoms with van der Waals surface area (Å²) in [4.78, 5) is 29.2. The van der Waals surface area contributed by atoms with Crippen LogP contribution in [0.4, 0.5) is 0 Å². The Labute approximate surface area is 143 Å². The number of hydrogen-bond acceptors (Lipinski definition) is 3. The van der Waals surface area contributed by atoms with Gasteiger partial charge in [-0.05, 0) is 49.1 Å². The smallest absolute Gasteiger partial charge is 0.278 e. The minimum Gasteiger partial charge on any atom is -0.311 e. The summed E-state index contributed by atoms with van der Waals surface area (Å²) in [5.74, 6) is 0.605. The first kappa shape index (κ1) is 15.1. The monoisotopic (exact) mass is 341 g/mol. The molecule has 0 radical (unpaired) electrons. The Morgan fingerprint density at radius 1 is 1.21 bits per heavy atom. The van der Waals surface area contributed by atoms with E-state index >= 15 is 0 Å². The van der Waals surface area contributed by atoms with E-state index in [0.29, 0.717) is 28.4 Å². The normalized spacial score (nSPS) is 14.2. The Bertz CT molecular complexity index is 968. The summed E-state index contributed by atoms with van der Waals surface area (Å²) in [5, 5.41) is 0.636. The molecule has 1 aliphatic carbocycles. The Hall–Kier alpha value is -2.40. The van der Waals surface area contributed by atoms with Crippen molar-refractivity contribution in [2.45, 2.75) is 25.8 Å². The van der Waals surface area contributed by atoms with E-state index in [2.05, 4.69) is 4.98 Å². The Morgan fingerprint density at radius 3 is 2.67 bits per heavy atom.